The van der Waals surface area contributed by atoms with E-state index in [-0.39, 0.29) is 6.10 Å². The Bertz CT molecular complexity index is 477. The molecule has 0 spiro atoms. The number of aliphatic hydroxyl groups excluding tert-OH is 1. The Morgan fingerprint density at radius 2 is 1.84 bits per heavy atom. The number of piperidine rings is 1. The predicted octanol–water partition coefficient (Wildman–Crippen LogP) is 1.04. The smallest absolute Gasteiger partial charge is 0.156 e. The highest BCUT2D eigenvalue weighted by Crippen LogP contribution is 2.40. The van der Waals surface area contributed by atoms with E-state index in [0.717, 1.165) is 48.3 Å². The summed E-state index contributed by atoms with van der Waals surface area (Å²) in [5.41, 5.74) is 9.14. The summed E-state index contributed by atoms with van der Waals surface area (Å²) in [6.45, 7) is 4.53. The predicted molar refractivity (Wildman–Crippen MR) is 73.9 cm³/mol. The third-order valence-electron chi connectivity index (χ3n) is 4.72. The van der Waals surface area contributed by atoms with Gasteiger partial charge in [0.25, 0.3) is 0 Å². The Morgan fingerprint density at radius 1 is 1.21 bits per heavy atom. The van der Waals surface area contributed by atoms with Crippen molar-refractivity contribution in [3.63, 3.8) is 0 Å². The summed E-state index contributed by atoms with van der Waals surface area (Å²) in [6.07, 6.45) is 3.81. The molecular formula is C14H22N4O. The molecule has 1 aromatic rings. The van der Waals surface area contributed by atoms with Crippen LogP contribution in [0.2, 0.25) is 0 Å². The van der Waals surface area contributed by atoms with Gasteiger partial charge in [0.2, 0.25) is 0 Å². The van der Waals surface area contributed by atoms with Crippen molar-refractivity contribution in [1.29, 1.82) is 0 Å². The van der Waals surface area contributed by atoms with Crippen molar-refractivity contribution < 1.29 is 5.11 Å². The molecule has 3 heterocycles. The minimum Gasteiger partial charge on any atom is -0.393 e. The molecule has 0 radical (unpaired) electrons. The van der Waals surface area contributed by atoms with Crippen LogP contribution in [0.3, 0.4) is 0 Å². The number of rotatable bonds is 2. The molecule has 5 nitrogen and oxygen atoms in total. The number of nitrogens with zero attached hydrogens (tertiary/aromatic N) is 3. The molecule has 0 saturated carbocycles. The van der Waals surface area contributed by atoms with E-state index in [1.54, 1.807) is 0 Å². The summed E-state index contributed by atoms with van der Waals surface area (Å²) in [6, 6.07) is 0.797. The van der Waals surface area contributed by atoms with Crippen LogP contribution in [0.15, 0.2) is 0 Å². The van der Waals surface area contributed by atoms with Crippen molar-refractivity contribution in [3.05, 3.63) is 16.8 Å². The molecule has 2 atom stereocenters. The van der Waals surface area contributed by atoms with Crippen molar-refractivity contribution in [1.82, 2.24) is 10.2 Å². The van der Waals surface area contributed by atoms with Crippen molar-refractivity contribution >= 4 is 5.82 Å². The summed E-state index contributed by atoms with van der Waals surface area (Å²) in [4.78, 5) is 2.37. The molecule has 2 saturated heterocycles. The maximum Gasteiger partial charge on any atom is 0.156 e. The lowest BCUT2D eigenvalue weighted by molar-refractivity contribution is 0.126. The van der Waals surface area contributed by atoms with E-state index >= 15 is 0 Å². The van der Waals surface area contributed by atoms with E-state index in [1.807, 2.05) is 6.92 Å². The molecule has 104 valence electrons. The van der Waals surface area contributed by atoms with Gasteiger partial charge < -0.3 is 15.7 Å². The number of aromatic nitrogens is 2. The summed E-state index contributed by atoms with van der Waals surface area (Å²) in [7, 11) is 0. The third kappa shape index (κ3) is 2.01. The molecule has 2 aliphatic heterocycles. The van der Waals surface area contributed by atoms with Crippen LogP contribution in [0.4, 0.5) is 5.82 Å². The average molecular weight is 262 g/mol. The molecule has 5 heteroatoms. The van der Waals surface area contributed by atoms with Gasteiger partial charge in [-0.2, -0.15) is 5.10 Å². The van der Waals surface area contributed by atoms with Crippen LogP contribution in [-0.2, 0) is 6.54 Å². The molecule has 0 aromatic carbocycles. The van der Waals surface area contributed by atoms with Gasteiger partial charge in [0.15, 0.2) is 5.82 Å². The molecule has 19 heavy (non-hydrogen) atoms. The number of fused-ring (bicyclic) bond motifs is 2. The Kier molecular flexibility index (Phi) is 3.19. The highest BCUT2D eigenvalue weighted by atomic mass is 16.3. The van der Waals surface area contributed by atoms with Gasteiger partial charge in [-0.15, -0.1) is 5.10 Å². The van der Waals surface area contributed by atoms with Gasteiger partial charge in [0, 0.05) is 24.2 Å². The van der Waals surface area contributed by atoms with E-state index in [4.69, 9.17) is 5.73 Å². The Labute approximate surface area is 113 Å². The molecule has 2 bridgehead atoms. The molecule has 1 aromatic heterocycles. The first-order valence-corrected chi connectivity index (χ1v) is 7.11. The Balaban J connectivity index is 2.01. The van der Waals surface area contributed by atoms with Gasteiger partial charge in [-0.1, -0.05) is 0 Å². The monoisotopic (exact) mass is 262 g/mol. The second-order valence-corrected chi connectivity index (χ2v) is 5.83. The fourth-order valence-corrected chi connectivity index (χ4v) is 3.59. The number of aliphatic hydroxyl groups is 1. The standard InChI is InChI=1S/C14H22N4O/c1-8-9(2)16-17-14(13(8)7-15)18-10-3-4-11(18)6-12(19)5-10/h10-12,19H,3-7,15H2,1-2H3. The number of anilines is 1. The third-order valence-corrected chi connectivity index (χ3v) is 4.72. The van der Waals surface area contributed by atoms with Crippen molar-refractivity contribution in [2.45, 2.75) is 64.3 Å². The van der Waals surface area contributed by atoms with Crippen LogP contribution >= 0.6 is 0 Å². The minimum atomic E-state index is -0.158. The van der Waals surface area contributed by atoms with E-state index in [2.05, 4.69) is 22.0 Å². The van der Waals surface area contributed by atoms with E-state index in [0.29, 0.717) is 18.6 Å². The maximum atomic E-state index is 9.89. The lowest BCUT2D eigenvalue weighted by atomic mass is 9.98. The molecule has 0 aliphatic carbocycles. The number of hydrogen-bond donors (Lipinski definition) is 2. The van der Waals surface area contributed by atoms with Crippen molar-refractivity contribution in [2.75, 3.05) is 4.90 Å². The van der Waals surface area contributed by atoms with Gasteiger partial charge in [-0.05, 0) is 45.1 Å². The SMILES string of the molecule is Cc1nnc(N2C3CCC2CC(O)C3)c(CN)c1C. The second-order valence-electron chi connectivity index (χ2n) is 5.83. The zero-order valence-corrected chi connectivity index (χ0v) is 11.6. The number of nitrogens with two attached hydrogens (primary N) is 1. The topological polar surface area (TPSA) is 75.3 Å². The van der Waals surface area contributed by atoms with Crippen LogP contribution in [0.25, 0.3) is 0 Å². The zero-order chi connectivity index (χ0) is 13.6. The van der Waals surface area contributed by atoms with Gasteiger partial charge in [0.05, 0.1) is 11.8 Å². The minimum absolute atomic E-state index is 0.158. The molecule has 3 rings (SSSR count). The Hall–Kier alpha value is -1.20. The first-order valence-electron chi connectivity index (χ1n) is 7.11. The zero-order valence-electron chi connectivity index (χ0n) is 11.6. The first-order chi connectivity index (χ1) is 9.11. The van der Waals surface area contributed by atoms with Gasteiger partial charge in [-0.25, -0.2) is 0 Å². The van der Waals surface area contributed by atoms with Gasteiger partial charge >= 0.3 is 0 Å². The normalized spacial score (nSPS) is 29.9. The van der Waals surface area contributed by atoms with Crippen LogP contribution in [-0.4, -0.2) is 33.5 Å². The Morgan fingerprint density at radius 3 is 2.42 bits per heavy atom. The molecular weight excluding hydrogens is 240 g/mol. The van der Waals surface area contributed by atoms with Crippen LogP contribution in [0, 0.1) is 13.8 Å². The van der Waals surface area contributed by atoms with Crippen LogP contribution in [0.1, 0.15) is 42.5 Å². The lowest BCUT2D eigenvalue weighted by Gasteiger charge is -2.39. The summed E-state index contributed by atoms with van der Waals surface area (Å²) in [5.74, 6) is 0.949. The quantitative estimate of drug-likeness (QED) is 0.833. The van der Waals surface area contributed by atoms with Gasteiger partial charge in [-0.3, -0.25) is 0 Å². The summed E-state index contributed by atoms with van der Waals surface area (Å²) < 4.78 is 0. The first kappa shape index (κ1) is 12.8. The maximum absolute atomic E-state index is 9.89. The fourth-order valence-electron chi connectivity index (χ4n) is 3.59. The molecule has 2 fully saturated rings. The fraction of sp³-hybridized carbons (Fsp3) is 0.714. The summed E-state index contributed by atoms with van der Waals surface area (Å²) >= 11 is 0. The highest BCUT2D eigenvalue weighted by Gasteiger charge is 2.41. The van der Waals surface area contributed by atoms with E-state index < -0.39 is 0 Å². The van der Waals surface area contributed by atoms with Gasteiger partial charge in [0.1, 0.15) is 0 Å². The molecule has 2 aliphatic rings. The molecule has 0 amide bonds. The van der Waals surface area contributed by atoms with E-state index in [1.165, 1.54) is 0 Å². The largest absolute Gasteiger partial charge is 0.393 e. The molecule has 2 unspecified atom stereocenters. The average Bonchev–Trinajstić information content (AvgIpc) is 2.65. The van der Waals surface area contributed by atoms with Crippen molar-refractivity contribution in [2.24, 2.45) is 5.73 Å². The number of hydrogen-bond acceptors (Lipinski definition) is 5. The highest BCUT2D eigenvalue weighted by molar-refractivity contribution is 5.53. The van der Waals surface area contributed by atoms with Crippen molar-refractivity contribution in [3.8, 4) is 0 Å². The van der Waals surface area contributed by atoms with Crippen LogP contribution in [0.5, 0.6) is 0 Å². The number of aryl methyl sites for hydroxylation is 1. The van der Waals surface area contributed by atoms with Crippen LogP contribution < -0.4 is 10.6 Å². The molecule has 3 N–H and O–H groups in total. The summed E-state index contributed by atoms with van der Waals surface area (Å²) in [5, 5.41) is 18.6. The van der Waals surface area contributed by atoms with E-state index in [9.17, 15) is 5.11 Å². The second kappa shape index (κ2) is 4.72. The lowest BCUT2D eigenvalue weighted by Crippen LogP contribution is -2.46.